The molecule has 1 unspecified atom stereocenters. The van der Waals surface area contributed by atoms with Crippen LogP contribution in [-0.2, 0) is 11.3 Å². The number of amides is 1. The Bertz CT molecular complexity index is 1530. The van der Waals surface area contributed by atoms with E-state index < -0.39 is 30.6 Å². The summed E-state index contributed by atoms with van der Waals surface area (Å²) in [5.41, 5.74) is 8.07. The van der Waals surface area contributed by atoms with E-state index in [-0.39, 0.29) is 11.5 Å². The number of alkyl halides is 3. The van der Waals surface area contributed by atoms with Crippen LogP contribution < -0.4 is 10.6 Å². The number of nitrogen functional groups attached to an aromatic ring is 1. The molecule has 0 radical (unpaired) electrons. The Morgan fingerprint density at radius 1 is 1.18 bits per heavy atom. The monoisotopic (exact) mass is 544 g/mol. The van der Waals surface area contributed by atoms with Gasteiger partial charge in [-0.3, -0.25) is 9.58 Å². The lowest BCUT2D eigenvalue weighted by Crippen LogP contribution is -2.67. The highest BCUT2D eigenvalue weighted by molar-refractivity contribution is 5.91. The largest absolute Gasteiger partial charge is 0.453 e. The number of hydrogen-bond donors (Lipinski definition) is 2. The molecule has 206 valence electrons. The molecule has 39 heavy (non-hydrogen) atoms. The van der Waals surface area contributed by atoms with E-state index in [9.17, 15) is 23.1 Å². The zero-order chi connectivity index (χ0) is 28.1. The van der Waals surface area contributed by atoms with E-state index >= 15 is 0 Å². The average Bonchev–Trinajstić information content (AvgIpc) is 3.49. The van der Waals surface area contributed by atoms with Gasteiger partial charge in [0.1, 0.15) is 24.6 Å². The molecular formula is C25H27F3N8O3. The van der Waals surface area contributed by atoms with E-state index in [1.807, 2.05) is 18.2 Å². The second-order valence-electron chi connectivity index (χ2n) is 9.73. The van der Waals surface area contributed by atoms with Crippen LogP contribution in [0.4, 0.5) is 29.5 Å². The van der Waals surface area contributed by atoms with E-state index in [1.165, 1.54) is 35.1 Å². The number of nitrogens with zero attached hydrogens (tertiary/aromatic N) is 7. The number of carbonyl (C=O) groups is 1. The minimum Gasteiger partial charge on any atom is -0.453 e. The van der Waals surface area contributed by atoms with E-state index in [1.54, 1.807) is 30.9 Å². The Labute approximate surface area is 221 Å². The minimum atomic E-state index is -4.47. The lowest BCUT2D eigenvalue weighted by atomic mass is 9.95. The first-order valence-corrected chi connectivity index (χ1v) is 12.0. The van der Waals surface area contributed by atoms with Crippen LogP contribution in [0.3, 0.4) is 0 Å². The lowest BCUT2D eigenvalue weighted by molar-refractivity contribution is -0.142. The molecule has 14 heteroatoms. The van der Waals surface area contributed by atoms with Crippen molar-refractivity contribution in [2.45, 2.75) is 38.3 Å². The third kappa shape index (κ3) is 4.60. The van der Waals surface area contributed by atoms with Gasteiger partial charge in [-0.2, -0.15) is 23.4 Å². The van der Waals surface area contributed by atoms with Gasteiger partial charge in [-0.15, -0.1) is 0 Å². The maximum absolute atomic E-state index is 13.2. The number of nitrogens with two attached hydrogens (primary N) is 1. The Hall–Kier alpha value is -4.33. The Morgan fingerprint density at radius 2 is 1.95 bits per heavy atom. The number of halogens is 3. The fourth-order valence-corrected chi connectivity index (χ4v) is 5.02. The summed E-state index contributed by atoms with van der Waals surface area (Å²) in [4.78, 5) is 19.5. The summed E-state index contributed by atoms with van der Waals surface area (Å²) in [6, 6.07) is 10.5. The van der Waals surface area contributed by atoms with Crippen LogP contribution in [0.2, 0.25) is 0 Å². The molecule has 1 saturated heterocycles. The van der Waals surface area contributed by atoms with Crippen molar-refractivity contribution in [2.24, 2.45) is 0 Å². The third-order valence-electron chi connectivity index (χ3n) is 6.96. The van der Waals surface area contributed by atoms with Gasteiger partial charge in [0.2, 0.25) is 0 Å². The van der Waals surface area contributed by atoms with Crippen LogP contribution in [0.5, 0.6) is 0 Å². The van der Waals surface area contributed by atoms with Gasteiger partial charge in [0.05, 0.1) is 24.0 Å². The fraction of sp³-hybridized carbons (Fsp3) is 0.360. The molecule has 1 amide bonds. The topological polar surface area (TPSA) is 127 Å². The summed E-state index contributed by atoms with van der Waals surface area (Å²) in [7, 11) is 1.29. The number of rotatable bonds is 4. The molecule has 1 aromatic carbocycles. The molecule has 0 bridgehead atoms. The maximum atomic E-state index is 13.2. The SMILES string of the molecule is COC(=O)N1CCN(c2cccc(-c3cc(-c4ccnn4CC(F)(F)F)c4c(N)ncnn34)c2)C(O)C1(C)C. The van der Waals surface area contributed by atoms with Crippen LogP contribution in [0.15, 0.2) is 48.9 Å². The summed E-state index contributed by atoms with van der Waals surface area (Å²) in [5, 5.41) is 19.4. The fourth-order valence-electron chi connectivity index (χ4n) is 5.02. The average molecular weight is 545 g/mol. The predicted molar refractivity (Wildman–Crippen MR) is 137 cm³/mol. The molecule has 1 aliphatic rings. The van der Waals surface area contributed by atoms with Crippen molar-refractivity contribution >= 4 is 23.1 Å². The first-order valence-electron chi connectivity index (χ1n) is 12.0. The van der Waals surface area contributed by atoms with Gasteiger partial charge in [-0.1, -0.05) is 12.1 Å². The van der Waals surface area contributed by atoms with Gasteiger partial charge in [0, 0.05) is 36.1 Å². The standard InChI is InChI=1S/C25H27F3N8O3/c1-24(2)22(37)33(9-10-34(24)23(38)39-3)16-6-4-5-15(11-16)19-12-17(20-21(29)30-14-32-36(19)20)18-7-8-31-35(18)13-25(26,27)28/h4-8,11-12,14,22,37H,9-10,13H2,1-3H3,(H2,29,30,32). The molecule has 0 saturated carbocycles. The Kier molecular flexibility index (Phi) is 6.37. The van der Waals surface area contributed by atoms with Crippen molar-refractivity contribution in [2.75, 3.05) is 30.8 Å². The number of aromatic nitrogens is 5. The van der Waals surface area contributed by atoms with Gasteiger partial charge in [-0.05, 0) is 38.1 Å². The second kappa shape index (κ2) is 9.45. The van der Waals surface area contributed by atoms with E-state index in [0.717, 1.165) is 4.68 Å². The maximum Gasteiger partial charge on any atom is 0.410 e. The normalized spacial score (nSPS) is 17.6. The van der Waals surface area contributed by atoms with Crippen LogP contribution in [-0.4, -0.2) is 78.6 Å². The van der Waals surface area contributed by atoms with Crippen LogP contribution >= 0.6 is 0 Å². The molecule has 4 heterocycles. The molecule has 1 atom stereocenters. The molecule has 4 aromatic rings. The van der Waals surface area contributed by atoms with Gasteiger partial charge in [0.15, 0.2) is 5.82 Å². The highest BCUT2D eigenvalue weighted by Gasteiger charge is 2.45. The first-order chi connectivity index (χ1) is 18.4. The number of anilines is 2. The number of benzene rings is 1. The number of hydrogen-bond acceptors (Lipinski definition) is 8. The number of piperazine rings is 1. The molecule has 0 spiro atoms. The number of aliphatic hydroxyl groups is 1. The summed E-state index contributed by atoms with van der Waals surface area (Å²) >= 11 is 0. The number of aliphatic hydroxyl groups excluding tert-OH is 1. The lowest BCUT2D eigenvalue weighted by Gasteiger charge is -2.50. The molecule has 11 nitrogen and oxygen atoms in total. The molecule has 3 N–H and O–H groups in total. The number of fused-ring (bicyclic) bond motifs is 1. The Morgan fingerprint density at radius 3 is 2.67 bits per heavy atom. The number of ether oxygens (including phenoxy) is 1. The Balaban J connectivity index is 1.58. The quantitative estimate of drug-likeness (QED) is 0.400. The summed E-state index contributed by atoms with van der Waals surface area (Å²) in [6.45, 7) is 2.90. The van der Waals surface area contributed by atoms with Crippen molar-refractivity contribution in [1.29, 1.82) is 0 Å². The van der Waals surface area contributed by atoms with Crippen molar-refractivity contribution in [3.05, 3.63) is 48.9 Å². The second-order valence-corrected chi connectivity index (χ2v) is 9.73. The summed E-state index contributed by atoms with van der Waals surface area (Å²) < 4.78 is 46.9. The predicted octanol–water partition coefficient (Wildman–Crippen LogP) is 3.39. The van der Waals surface area contributed by atoms with Crippen molar-refractivity contribution in [3.63, 3.8) is 0 Å². The van der Waals surface area contributed by atoms with Crippen molar-refractivity contribution in [1.82, 2.24) is 29.3 Å². The van der Waals surface area contributed by atoms with Crippen molar-refractivity contribution < 1.29 is 27.8 Å². The number of carbonyl (C=O) groups excluding carboxylic acids is 1. The highest BCUT2D eigenvalue weighted by atomic mass is 19.4. The van der Waals surface area contributed by atoms with E-state index in [4.69, 9.17) is 10.5 Å². The molecule has 1 fully saturated rings. The van der Waals surface area contributed by atoms with Crippen LogP contribution in [0.25, 0.3) is 28.0 Å². The molecular weight excluding hydrogens is 517 g/mol. The summed E-state index contributed by atoms with van der Waals surface area (Å²) in [6.07, 6.45) is -3.48. The van der Waals surface area contributed by atoms with E-state index in [2.05, 4.69) is 15.2 Å². The number of methoxy groups -OCH3 is 1. The zero-order valence-corrected chi connectivity index (χ0v) is 21.4. The van der Waals surface area contributed by atoms with Crippen LogP contribution in [0, 0.1) is 0 Å². The molecule has 0 aliphatic carbocycles. The zero-order valence-electron chi connectivity index (χ0n) is 21.4. The highest BCUT2D eigenvalue weighted by Crippen LogP contribution is 2.37. The van der Waals surface area contributed by atoms with Gasteiger partial charge >= 0.3 is 12.3 Å². The molecule has 5 rings (SSSR count). The smallest absolute Gasteiger partial charge is 0.410 e. The molecule has 1 aliphatic heterocycles. The van der Waals surface area contributed by atoms with Gasteiger partial charge in [-0.25, -0.2) is 14.3 Å². The van der Waals surface area contributed by atoms with E-state index in [0.29, 0.717) is 41.1 Å². The summed E-state index contributed by atoms with van der Waals surface area (Å²) in [5.74, 6) is 0.0956. The first kappa shape index (κ1) is 26.3. The molecule has 3 aromatic heterocycles. The van der Waals surface area contributed by atoms with Crippen LogP contribution in [0.1, 0.15) is 13.8 Å². The minimum absolute atomic E-state index is 0.0956. The third-order valence-corrected chi connectivity index (χ3v) is 6.96. The van der Waals surface area contributed by atoms with Gasteiger partial charge < -0.3 is 20.5 Å². The van der Waals surface area contributed by atoms with Crippen molar-refractivity contribution in [3.8, 4) is 22.5 Å². The van der Waals surface area contributed by atoms with Gasteiger partial charge in [0.25, 0.3) is 0 Å².